The van der Waals surface area contributed by atoms with Crippen molar-refractivity contribution in [2.45, 2.75) is 26.2 Å². The normalized spacial score (nSPS) is 11.2. The minimum absolute atomic E-state index is 0.0498. The summed E-state index contributed by atoms with van der Waals surface area (Å²) in [5.41, 5.74) is 6.66. The van der Waals surface area contributed by atoms with Gasteiger partial charge in [0, 0.05) is 38.4 Å². The molecular formula is C15H25N5O. The van der Waals surface area contributed by atoms with Crippen molar-refractivity contribution in [1.82, 2.24) is 15.2 Å². The summed E-state index contributed by atoms with van der Waals surface area (Å²) in [6.07, 6.45) is 4.62. The number of unbranched alkanes of at least 4 members (excludes halogenated alkanes) is 1. The number of hydrogen-bond acceptors (Lipinski definition) is 3. The smallest absolute Gasteiger partial charge is 0.244 e. The summed E-state index contributed by atoms with van der Waals surface area (Å²) in [7, 11) is 1.77. The van der Waals surface area contributed by atoms with Gasteiger partial charge in [0.05, 0.1) is 0 Å². The third kappa shape index (κ3) is 7.29. The highest BCUT2D eigenvalue weighted by Gasteiger charge is 2.08. The lowest BCUT2D eigenvalue weighted by atomic mass is 10.2. The largest absolute Gasteiger partial charge is 0.370 e. The number of hydrogen-bond donors (Lipinski definition) is 2. The summed E-state index contributed by atoms with van der Waals surface area (Å²) < 4.78 is 0. The number of pyridine rings is 1. The third-order valence-corrected chi connectivity index (χ3v) is 3.08. The number of nitrogens with two attached hydrogens (primary N) is 1. The van der Waals surface area contributed by atoms with Crippen LogP contribution in [0.3, 0.4) is 0 Å². The average molecular weight is 291 g/mol. The second-order valence-electron chi connectivity index (χ2n) is 4.87. The van der Waals surface area contributed by atoms with E-state index in [1.807, 2.05) is 18.2 Å². The van der Waals surface area contributed by atoms with E-state index in [9.17, 15) is 4.79 Å². The number of rotatable bonds is 8. The molecule has 1 aromatic heterocycles. The van der Waals surface area contributed by atoms with Crippen LogP contribution in [0.2, 0.25) is 0 Å². The molecule has 0 saturated heterocycles. The van der Waals surface area contributed by atoms with Crippen molar-refractivity contribution < 1.29 is 4.79 Å². The molecule has 0 spiro atoms. The second-order valence-corrected chi connectivity index (χ2v) is 4.87. The van der Waals surface area contributed by atoms with E-state index in [0.29, 0.717) is 12.5 Å². The number of nitrogens with one attached hydrogen (secondary N) is 1. The molecule has 3 N–H and O–H groups in total. The molecule has 0 unspecified atom stereocenters. The van der Waals surface area contributed by atoms with Crippen LogP contribution in [0.1, 0.15) is 25.5 Å². The zero-order valence-electron chi connectivity index (χ0n) is 12.9. The van der Waals surface area contributed by atoms with Gasteiger partial charge in [0.2, 0.25) is 5.91 Å². The molecule has 0 radical (unpaired) electrons. The molecular weight excluding hydrogens is 266 g/mol. The molecule has 1 heterocycles. The first-order valence-corrected chi connectivity index (χ1v) is 7.31. The Kier molecular flexibility index (Phi) is 7.86. The maximum absolute atomic E-state index is 11.9. The monoisotopic (exact) mass is 291 g/mol. The number of carbonyl (C=O) groups excluding carboxylic acids is 1. The van der Waals surface area contributed by atoms with Gasteiger partial charge in [-0.1, -0.05) is 19.4 Å². The summed E-state index contributed by atoms with van der Waals surface area (Å²) in [5.74, 6) is 0.279. The lowest BCUT2D eigenvalue weighted by Crippen LogP contribution is -2.35. The number of aromatic nitrogens is 1. The molecule has 6 heteroatoms. The molecule has 0 aromatic carbocycles. The van der Waals surface area contributed by atoms with E-state index in [1.165, 1.54) is 0 Å². The highest BCUT2D eigenvalue weighted by Crippen LogP contribution is 1.97. The van der Waals surface area contributed by atoms with Gasteiger partial charge in [-0.15, -0.1) is 0 Å². The van der Waals surface area contributed by atoms with Gasteiger partial charge in [0.25, 0.3) is 0 Å². The Balaban J connectivity index is 2.29. The molecule has 6 nitrogen and oxygen atoms in total. The first-order valence-electron chi connectivity index (χ1n) is 7.31. The highest BCUT2D eigenvalue weighted by molar-refractivity contribution is 5.83. The molecule has 0 saturated carbocycles. The van der Waals surface area contributed by atoms with Gasteiger partial charge in [-0.2, -0.15) is 0 Å². The van der Waals surface area contributed by atoms with Gasteiger partial charge in [-0.25, -0.2) is 4.99 Å². The minimum Gasteiger partial charge on any atom is -0.370 e. The topological polar surface area (TPSA) is 83.6 Å². The van der Waals surface area contributed by atoms with Gasteiger partial charge >= 0.3 is 0 Å². The highest BCUT2D eigenvalue weighted by atomic mass is 16.2. The molecule has 0 bridgehead atoms. The maximum Gasteiger partial charge on any atom is 0.244 e. The number of aliphatic imine (C=N–C) groups is 1. The van der Waals surface area contributed by atoms with E-state index in [2.05, 4.69) is 22.2 Å². The summed E-state index contributed by atoms with van der Waals surface area (Å²) in [4.78, 5) is 21.8. The standard InChI is InChI=1S/C15H25N5O/c1-3-4-9-18-15(16)19-12-14(21)20(2)11-8-13-7-5-6-10-17-13/h5-7,10H,3-4,8-9,11-12H2,1-2H3,(H3,16,18,19). The molecule has 21 heavy (non-hydrogen) atoms. The quantitative estimate of drug-likeness (QED) is 0.421. The van der Waals surface area contributed by atoms with Crippen molar-refractivity contribution in [2.24, 2.45) is 10.7 Å². The van der Waals surface area contributed by atoms with E-state index in [0.717, 1.165) is 31.5 Å². The molecule has 0 aliphatic heterocycles. The second kappa shape index (κ2) is 9.74. The summed E-state index contributed by atoms with van der Waals surface area (Å²) in [6.45, 7) is 3.59. The van der Waals surface area contributed by atoms with Crippen molar-refractivity contribution in [2.75, 3.05) is 26.7 Å². The van der Waals surface area contributed by atoms with Crippen LogP contribution in [-0.4, -0.2) is 48.4 Å². The van der Waals surface area contributed by atoms with Crippen molar-refractivity contribution in [1.29, 1.82) is 0 Å². The minimum atomic E-state index is -0.0498. The zero-order chi connectivity index (χ0) is 15.5. The first kappa shape index (κ1) is 16.9. The van der Waals surface area contributed by atoms with E-state index in [4.69, 9.17) is 5.73 Å². The molecule has 0 aliphatic rings. The van der Waals surface area contributed by atoms with Crippen molar-refractivity contribution in [3.05, 3.63) is 30.1 Å². The Labute approximate surface area is 126 Å². The Hall–Kier alpha value is -2.11. The van der Waals surface area contributed by atoms with Gasteiger partial charge in [0.1, 0.15) is 6.54 Å². The maximum atomic E-state index is 11.9. The Bertz CT molecular complexity index is 447. The molecule has 1 rings (SSSR count). The van der Waals surface area contributed by atoms with Crippen LogP contribution in [0, 0.1) is 0 Å². The van der Waals surface area contributed by atoms with Crippen LogP contribution in [0.4, 0.5) is 0 Å². The number of nitrogens with zero attached hydrogens (tertiary/aromatic N) is 3. The van der Waals surface area contributed by atoms with E-state index in [1.54, 1.807) is 18.1 Å². The number of likely N-dealkylation sites (N-methyl/N-ethyl adjacent to an activating group) is 1. The van der Waals surface area contributed by atoms with Crippen LogP contribution < -0.4 is 11.1 Å². The molecule has 116 valence electrons. The van der Waals surface area contributed by atoms with Crippen LogP contribution in [0.15, 0.2) is 29.4 Å². The lowest BCUT2D eigenvalue weighted by molar-refractivity contribution is -0.128. The van der Waals surface area contributed by atoms with Crippen LogP contribution in [0.5, 0.6) is 0 Å². The van der Waals surface area contributed by atoms with Crippen molar-refractivity contribution in [3.8, 4) is 0 Å². The SMILES string of the molecule is CCCCNC(N)=NCC(=O)N(C)CCc1ccccn1. The first-order chi connectivity index (χ1) is 10.1. The Morgan fingerprint density at radius 2 is 2.29 bits per heavy atom. The van der Waals surface area contributed by atoms with Gasteiger partial charge in [-0.05, 0) is 18.6 Å². The fourth-order valence-corrected chi connectivity index (χ4v) is 1.68. The molecule has 1 aromatic rings. The van der Waals surface area contributed by atoms with Crippen molar-refractivity contribution >= 4 is 11.9 Å². The summed E-state index contributed by atoms with van der Waals surface area (Å²) >= 11 is 0. The average Bonchev–Trinajstić information content (AvgIpc) is 2.51. The zero-order valence-corrected chi connectivity index (χ0v) is 12.9. The molecule has 1 amide bonds. The summed E-state index contributed by atoms with van der Waals surface area (Å²) in [5, 5.41) is 2.98. The van der Waals surface area contributed by atoms with Crippen LogP contribution >= 0.6 is 0 Å². The third-order valence-electron chi connectivity index (χ3n) is 3.08. The molecule has 0 atom stereocenters. The lowest BCUT2D eigenvalue weighted by Gasteiger charge is -2.15. The predicted molar refractivity (Wildman–Crippen MR) is 85.0 cm³/mol. The Morgan fingerprint density at radius 3 is 2.95 bits per heavy atom. The number of guanidine groups is 1. The molecule has 0 fully saturated rings. The fourth-order valence-electron chi connectivity index (χ4n) is 1.68. The number of amides is 1. The summed E-state index contributed by atoms with van der Waals surface area (Å²) in [6, 6.07) is 5.77. The van der Waals surface area contributed by atoms with Gasteiger partial charge in [0.15, 0.2) is 5.96 Å². The number of carbonyl (C=O) groups is 1. The van der Waals surface area contributed by atoms with Crippen molar-refractivity contribution in [3.63, 3.8) is 0 Å². The van der Waals surface area contributed by atoms with Crippen LogP contribution in [0.25, 0.3) is 0 Å². The van der Waals surface area contributed by atoms with E-state index < -0.39 is 0 Å². The predicted octanol–water partition coefficient (Wildman–Crippen LogP) is 0.787. The Morgan fingerprint density at radius 1 is 1.48 bits per heavy atom. The van der Waals surface area contributed by atoms with Crippen LogP contribution in [-0.2, 0) is 11.2 Å². The van der Waals surface area contributed by atoms with E-state index >= 15 is 0 Å². The van der Waals surface area contributed by atoms with E-state index in [-0.39, 0.29) is 12.5 Å². The van der Waals surface area contributed by atoms with Gasteiger partial charge < -0.3 is 16.0 Å². The van der Waals surface area contributed by atoms with Gasteiger partial charge in [-0.3, -0.25) is 9.78 Å². The molecule has 0 aliphatic carbocycles. The fraction of sp³-hybridized carbons (Fsp3) is 0.533.